The molecule has 0 aromatic carbocycles. The number of hydrogen-bond acceptors (Lipinski definition) is 2. The van der Waals surface area contributed by atoms with E-state index in [1.54, 1.807) is 0 Å². The maximum absolute atomic E-state index is 4.14. The van der Waals surface area contributed by atoms with Crippen LogP contribution in [0.25, 0.3) is 0 Å². The molecule has 1 heterocycles. The highest BCUT2D eigenvalue weighted by Crippen LogP contribution is 2.26. The van der Waals surface area contributed by atoms with Crippen LogP contribution < -0.4 is 5.32 Å². The second-order valence-corrected chi connectivity index (χ2v) is 4.93. The minimum Gasteiger partial charge on any atom is -0.310 e. The third kappa shape index (κ3) is 3.31. The average Bonchev–Trinajstić information content (AvgIpc) is 2.38. The van der Waals surface area contributed by atoms with Gasteiger partial charge in [-0.3, -0.25) is 4.98 Å². The zero-order valence-corrected chi connectivity index (χ0v) is 10.2. The largest absolute Gasteiger partial charge is 0.310 e. The zero-order valence-electron chi connectivity index (χ0n) is 10.2. The van der Waals surface area contributed by atoms with Gasteiger partial charge in [0.15, 0.2) is 0 Å². The molecule has 0 saturated heterocycles. The summed E-state index contributed by atoms with van der Waals surface area (Å²) in [5.41, 5.74) is 1.28. The van der Waals surface area contributed by atoms with Crippen LogP contribution in [0.2, 0.25) is 0 Å². The number of pyridine rings is 1. The Morgan fingerprint density at radius 1 is 1.38 bits per heavy atom. The molecule has 1 aliphatic rings. The highest BCUT2D eigenvalue weighted by molar-refractivity contribution is 5.08. The lowest BCUT2D eigenvalue weighted by Gasteiger charge is -2.28. The van der Waals surface area contributed by atoms with Gasteiger partial charge >= 0.3 is 0 Å². The number of nitrogens with one attached hydrogen (secondary N) is 1. The van der Waals surface area contributed by atoms with Crippen LogP contribution in [-0.4, -0.2) is 11.0 Å². The molecule has 1 aromatic rings. The SMILES string of the molecule is CC(NCc1cccnc1)C1CCCCC1. The predicted octanol–water partition coefficient (Wildman–Crippen LogP) is 3.14. The van der Waals surface area contributed by atoms with Crippen LogP contribution >= 0.6 is 0 Å². The monoisotopic (exact) mass is 218 g/mol. The van der Waals surface area contributed by atoms with Crippen LogP contribution in [0.5, 0.6) is 0 Å². The van der Waals surface area contributed by atoms with Crippen molar-refractivity contribution in [1.29, 1.82) is 0 Å². The van der Waals surface area contributed by atoms with E-state index < -0.39 is 0 Å². The highest BCUT2D eigenvalue weighted by Gasteiger charge is 2.19. The molecule has 0 bridgehead atoms. The molecule has 16 heavy (non-hydrogen) atoms. The van der Waals surface area contributed by atoms with Gasteiger partial charge in [-0.25, -0.2) is 0 Å². The maximum atomic E-state index is 4.14. The Bertz CT molecular complexity index is 291. The molecule has 1 aromatic heterocycles. The van der Waals surface area contributed by atoms with E-state index in [2.05, 4.69) is 23.3 Å². The Kier molecular flexibility index (Phi) is 4.34. The molecule has 1 fully saturated rings. The van der Waals surface area contributed by atoms with Gasteiger partial charge in [0.2, 0.25) is 0 Å². The minimum atomic E-state index is 0.639. The third-order valence-corrected chi connectivity index (χ3v) is 3.71. The molecule has 0 amide bonds. The lowest BCUT2D eigenvalue weighted by Crippen LogP contribution is -2.34. The normalized spacial score (nSPS) is 19.6. The molecule has 0 radical (unpaired) electrons. The molecule has 2 heteroatoms. The first kappa shape index (κ1) is 11.6. The summed E-state index contributed by atoms with van der Waals surface area (Å²) >= 11 is 0. The summed E-state index contributed by atoms with van der Waals surface area (Å²) in [6.07, 6.45) is 10.9. The second-order valence-electron chi connectivity index (χ2n) is 4.93. The summed E-state index contributed by atoms with van der Waals surface area (Å²) in [6, 6.07) is 4.77. The van der Waals surface area contributed by atoms with Crippen molar-refractivity contribution >= 4 is 0 Å². The van der Waals surface area contributed by atoms with Crippen molar-refractivity contribution in [3.63, 3.8) is 0 Å². The van der Waals surface area contributed by atoms with Crippen molar-refractivity contribution in [2.45, 2.75) is 51.6 Å². The van der Waals surface area contributed by atoms with E-state index in [0.29, 0.717) is 6.04 Å². The van der Waals surface area contributed by atoms with Crippen LogP contribution in [0.4, 0.5) is 0 Å². The third-order valence-electron chi connectivity index (χ3n) is 3.71. The summed E-state index contributed by atoms with van der Waals surface area (Å²) < 4.78 is 0. The van der Waals surface area contributed by atoms with Crippen LogP contribution in [0.15, 0.2) is 24.5 Å². The lowest BCUT2D eigenvalue weighted by atomic mass is 9.84. The fourth-order valence-corrected chi connectivity index (χ4v) is 2.58. The molecular formula is C14H22N2. The van der Waals surface area contributed by atoms with Gasteiger partial charge < -0.3 is 5.32 Å². The van der Waals surface area contributed by atoms with Gasteiger partial charge in [0.05, 0.1) is 0 Å². The first-order valence-corrected chi connectivity index (χ1v) is 6.48. The van der Waals surface area contributed by atoms with Gasteiger partial charge in [0.1, 0.15) is 0 Å². The molecule has 2 rings (SSSR count). The zero-order chi connectivity index (χ0) is 11.2. The number of nitrogens with zero attached hydrogens (tertiary/aromatic N) is 1. The van der Waals surface area contributed by atoms with Crippen molar-refractivity contribution in [3.8, 4) is 0 Å². The Hall–Kier alpha value is -0.890. The summed E-state index contributed by atoms with van der Waals surface area (Å²) in [6.45, 7) is 3.28. The molecule has 88 valence electrons. The summed E-state index contributed by atoms with van der Waals surface area (Å²) in [7, 11) is 0. The molecule has 1 aliphatic carbocycles. The fraction of sp³-hybridized carbons (Fsp3) is 0.643. The van der Waals surface area contributed by atoms with Gasteiger partial charge in [0.25, 0.3) is 0 Å². The molecule has 1 unspecified atom stereocenters. The van der Waals surface area contributed by atoms with E-state index in [-0.39, 0.29) is 0 Å². The van der Waals surface area contributed by atoms with Crippen molar-refractivity contribution in [2.75, 3.05) is 0 Å². The van der Waals surface area contributed by atoms with E-state index in [9.17, 15) is 0 Å². The minimum absolute atomic E-state index is 0.639. The van der Waals surface area contributed by atoms with Crippen molar-refractivity contribution in [2.24, 2.45) is 5.92 Å². The number of hydrogen-bond donors (Lipinski definition) is 1. The van der Waals surface area contributed by atoms with Crippen molar-refractivity contribution in [3.05, 3.63) is 30.1 Å². The lowest BCUT2D eigenvalue weighted by molar-refractivity contribution is 0.280. The van der Waals surface area contributed by atoms with Gasteiger partial charge in [-0.05, 0) is 37.3 Å². The van der Waals surface area contributed by atoms with Gasteiger partial charge in [-0.15, -0.1) is 0 Å². The summed E-state index contributed by atoms with van der Waals surface area (Å²) in [5, 5.41) is 3.63. The first-order valence-electron chi connectivity index (χ1n) is 6.48. The summed E-state index contributed by atoms with van der Waals surface area (Å²) in [4.78, 5) is 4.14. The fourth-order valence-electron chi connectivity index (χ4n) is 2.58. The molecule has 0 aliphatic heterocycles. The quantitative estimate of drug-likeness (QED) is 0.839. The Morgan fingerprint density at radius 3 is 2.88 bits per heavy atom. The molecular weight excluding hydrogens is 196 g/mol. The molecule has 1 atom stereocenters. The molecule has 1 N–H and O–H groups in total. The smallest absolute Gasteiger partial charge is 0.0312 e. The van der Waals surface area contributed by atoms with E-state index in [4.69, 9.17) is 0 Å². The van der Waals surface area contributed by atoms with Crippen LogP contribution in [0, 0.1) is 5.92 Å². The summed E-state index contributed by atoms with van der Waals surface area (Å²) in [5.74, 6) is 0.880. The van der Waals surface area contributed by atoms with Crippen LogP contribution in [0.3, 0.4) is 0 Å². The van der Waals surface area contributed by atoms with E-state index in [1.165, 1.54) is 37.7 Å². The standard InChI is InChI=1S/C14H22N2/c1-12(14-7-3-2-4-8-14)16-11-13-6-5-9-15-10-13/h5-6,9-10,12,14,16H,2-4,7-8,11H2,1H3. The van der Waals surface area contributed by atoms with Gasteiger partial charge in [-0.2, -0.15) is 0 Å². The van der Waals surface area contributed by atoms with Gasteiger partial charge in [-0.1, -0.05) is 25.3 Å². The number of rotatable bonds is 4. The Labute approximate surface area is 98.5 Å². The van der Waals surface area contributed by atoms with E-state index in [1.807, 2.05) is 18.5 Å². The highest BCUT2D eigenvalue weighted by atomic mass is 14.9. The molecule has 2 nitrogen and oxygen atoms in total. The molecule has 0 spiro atoms. The van der Waals surface area contributed by atoms with Gasteiger partial charge in [0, 0.05) is 25.0 Å². The Morgan fingerprint density at radius 2 is 2.19 bits per heavy atom. The van der Waals surface area contributed by atoms with E-state index in [0.717, 1.165) is 12.5 Å². The number of aromatic nitrogens is 1. The first-order chi connectivity index (χ1) is 7.86. The topological polar surface area (TPSA) is 24.9 Å². The molecule has 1 saturated carbocycles. The Balaban J connectivity index is 1.76. The van der Waals surface area contributed by atoms with Crippen molar-refractivity contribution in [1.82, 2.24) is 10.3 Å². The van der Waals surface area contributed by atoms with Crippen molar-refractivity contribution < 1.29 is 0 Å². The average molecular weight is 218 g/mol. The maximum Gasteiger partial charge on any atom is 0.0312 e. The predicted molar refractivity (Wildman–Crippen MR) is 67.1 cm³/mol. The van der Waals surface area contributed by atoms with Crippen LogP contribution in [-0.2, 0) is 6.54 Å². The van der Waals surface area contributed by atoms with Crippen LogP contribution in [0.1, 0.15) is 44.6 Å². The van der Waals surface area contributed by atoms with E-state index >= 15 is 0 Å². The second kappa shape index (κ2) is 6.00.